The number of hydrogen-bond acceptors (Lipinski definition) is 2. The smallest absolute Gasteiger partial charge is 0.0534 e. The molecule has 0 aliphatic heterocycles. The molecule has 0 spiro atoms. The summed E-state index contributed by atoms with van der Waals surface area (Å²) in [6.45, 7) is 4.27. The van der Waals surface area contributed by atoms with Gasteiger partial charge in [0.05, 0.1) is 11.4 Å². The van der Waals surface area contributed by atoms with Gasteiger partial charge in [-0.1, -0.05) is 109 Å². The summed E-state index contributed by atoms with van der Waals surface area (Å²) in [5, 5.41) is 0. The van der Waals surface area contributed by atoms with Crippen molar-refractivity contribution in [2.24, 2.45) is 0 Å². The van der Waals surface area contributed by atoms with Gasteiger partial charge in [-0.15, -0.1) is 0 Å². The van der Waals surface area contributed by atoms with E-state index in [9.17, 15) is 0 Å². The molecule has 1 nitrogen and oxygen atoms in total. The van der Waals surface area contributed by atoms with E-state index in [2.05, 4.69) is 158 Å². The summed E-state index contributed by atoms with van der Waals surface area (Å²) in [4.78, 5) is 1.23. The van der Waals surface area contributed by atoms with Crippen LogP contribution in [-0.4, -0.2) is 0 Å². The first kappa shape index (κ1) is 23.7. The van der Waals surface area contributed by atoms with Crippen LogP contribution in [0.2, 0.25) is 0 Å². The third-order valence-electron chi connectivity index (χ3n) is 6.33. The van der Waals surface area contributed by atoms with Crippen molar-refractivity contribution >= 4 is 28.9 Å². The summed E-state index contributed by atoms with van der Waals surface area (Å²) in [7, 11) is 0. The summed E-state index contributed by atoms with van der Waals surface area (Å²) in [5.41, 5.74) is 9.67. The molecule has 0 aliphatic carbocycles. The maximum absolute atomic E-state index is 2.34. The first-order chi connectivity index (χ1) is 17.7. The number of hydrogen-bond donors (Lipinski definition) is 0. The van der Waals surface area contributed by atoms with Crippen LogP contribution in [0.1, 0.15) is 19.4 Å². The second-order valence-corrected chi connectivity index (χ2v) is 9.67. The van der Waals surface area contributed by atoms with Gasteiger partial charge in [-0.2, -0.15) is 0 Å². The van der Waals surface area contributed by atoms with Gasteiger partial charge in [-0.05, 0) is 89.5 Å². The summed E-state index contributed by atoms with van der Waals surface area (Å²) >= 11 is 1.76. The van der Waals surface area contributed by atoms with E-state index in [0.717, 1.165) is 11.4 Å². The Morgan fingerprint density at radius 1 is 0.556 bits per heavy atom. The van der Waals surface area contributed by atoms with Gasteiger partial charge in [0, 0.05) is 4.90 Å². The van der Waals surface area contributed by atoms with E-state index in [1.54, 1.807) is 11.9 Å². The zero-order valence-corrected chi connectivity index (χ0v) is 21.5. The Balaban J connectivity index is 1.58. The molecule has 5 rings (SSSR count). The molecule has 0 amide bonds. The van der Waals surface area contributed by atoms with Gasteiger partial charge in [0.1, 0.15) is 0 Å². The largest absolute Gasteiger partial charge is 0.280 e. The first-order valence-electron chi connectivity index (χ1n) is 12.2. The molecule has 0 N–H and O–H groups in total. The number of rotatable bonds is 7. The van der Waals surface area contributed by atoms with Gasteiger partial charge in [-0.25, -0.2) is 0 Å². The van der Waals surface area contributed by atoms with Crippen molar-refractivity contribution in [3.8, 4) is 22.3 Å². The van der Waals surface area contributed by atoms with Crippen LogP contribution in [0.5, 0.6) is 0 Å². The van der Waals surface area contributed by atoms with Crippen LogP contribution >= 0.6 is 11.9 Å². The van der Waals surface area contributed by atoms with E-state index in [1.807, 2.05) is 0 Å². The molecule has 2 heteroatoms. The summed E-state index contributed by atoms with van der Waals surface area (Å²) in [5.74, 6) is 0. The van der Waals surface area contributed by atoms with Crippen molar-refractivity contribution < 1.29 is 0 Å². The summed E-state index contributed by atoms with van der Waals surface area (Å²) < 4.78 is 2.34. The maximum atomic E-state index is 2.34. The molecule has 5 aromatic carbocycles. The molecule has 0 atom stereocenters. The number of benzene rings is 5. The minimum atomic E-state index is 1.14. The second kappa shape index (κ2) is 11.2. The summed E-state index contributed by atoms with van der Waals surface area (Å²) in [6.07, 6.45) is 2.18. The molecule has 0 unspecified atom stereocenters. The minimum Gasteiger partial charge on any atom is -0.280 e. The van der Waals surface area contributed by atoms with E-state index in [1.165, 1.54) is 38.3 Å². The molecule has 0 aliphatic rings. The van der Waals surface area contributed by atoms with Gasteiger partial charge < -0.3 is 0 Å². The molecular formula is C34H29NS. The predicted molar refractivity (Wildman–Crippen MR) is 158 cm³/mol. The molecular weight excluding hydrogens is 454 g/mol. The van der Waals surface area contributed by atoms with Crippen LogP contribution in [0.3, 0.4) is 0 Å². The van der Waals surface area contributed by atoms with Gasteiger partial charge in [0.25, 0.3) is 0 Å². The Morgan fingerprint density at radius 2 is 1.11 bits per heavy atom. The van der Waals surface area contributed by atoms with E-state index in [-0.39, 0.29) is 0 Å². The molecule has 0 heterocycles. The fourth-order valence-corrected chi connectivity index (χ4v) is 5.35. The third kappa shape index (κ3) is 5.30. The molecule has 36 heavy (non-hydrogen) atoms. The van der Waals surface area contributed by atoms with Crippen molar-refractivity contribution in [1.29, 1.82) is 0 Å². The van der Waals surface area contributed by atoms with Gasteiger partial charge in [0.2, 0.25) is 0 Å². The zero-order valence-electron chi connectivity index (χ0n) is 20.6. The van der Waals surface area contributed by atoms with Crippen LogP contribution in [0.15, 0.2) is 144 Å². The summed E-state index contributed by atoms with van der Waals surface area (Å²) in [6, 6.07) is 47.4. The highest BCUT2D eigenvalue weighted by Gasteiger charge is 2.16. The van der Waals surface area contributed by atoms with E-state index in [4.69, 9.17) is 0 Å². The van der Waals surface area contributed by atoms with Crippen molar-refractivity contribution in [1.82, 2.24) is 0 Å². The highest BCUT2D eigenvalue weighted by Crippen LogP contribution is 2.41. The Kier molecular flexibility index (Phi) is 7.35. The average molecular weight is 484 g/mol. The monoisotopic (exact) mass is 483 g/mol. The van der Waals surface area contributed by atoms with Crippen LogP contribution in [0, 0.1) is 0 Å². The molecule has 0 fully saturated rings. The third-order valence-corrected chi connectivity index (χ3v) is 7.49. The molecule has 0 aromatic heterocycles. The quantitative estimate of drug-likeness (QED) is 0.212. The van der Waals surface area contributed by atoms with Crippen LogP contribution < -0.4 is 4.31 Å². The Morgan fingerprint density at radius 3 is 1.78 bits per heavy atom. The fraction of sp³-hybridized carbons (Fsp3) is 0.0588. The first-order valence-corrected chi connectivity index (χ1v) is 13.0. The standard InChI is InChI=1S/C34H29NS/c1-3-26(2)33-19-10-11-20-34(33)36-35(31-23-21-29(22-24-31)27-13-6-4-7-14-27)32-18-12-17-30(25-32)28-15-8-5-9-16-28/h3-25H,1-2H3/b26-3+. The van der Waals surface area contributed by atoms with E-state index < -0.39 is 0 Å². The molecule has 0 radical (unpaired) electrons. The zero-order chi connectivity index (χ0) is 24.7. The number of anilines is 2. The predicted octanol–water partition coefficient (Wildman–Crippen LogP) is 10.3. The fourth-order valence-electron chi connectivity index (χ4n) is 4.24. The van der Waals surface area contributed by atoms with Crippen molar-refractivity contribution in [2.75, 3.05) is 4.31 Å². The van der Waals surface area contributed by atoms with E-state index in [0.29, 0.717) is 0 Å². The molecule has 5 aromatic rings. The topological polar surface area (TPSA) is 3.24 Å². The lowest BCUT2D eigenvalue weighted by atomic mass is 10.0. The Bertz CT molecular complexity index is 1450. The SMILES string of the molecule is C/C=C(\C)c1ccccc1SN(c1ccc(-c2ccccc2)cc1)c1cccc(-c2ccccc2)c1. The van der Waals surface area contributed by atoms with Crippen LogP contribution in [0.25, 0.3) is 27.8 Å². The lowest BCUT2D eigenvalue weighted by molar-refractivity contribution is 1.35. The van der Waals surface area contributed by atoms with Crippen molar-refractivity contribution in [3.05, 3.63) is 145 Å². The lowest BCUT2D eigenvalue weighted by Crippen LogP contribution is -2.07. The highest BCUT2D eigenvalue weighted by molar-refractivity contribution is 8.01. The van der Waals surface area contributed by atoms with Gasteiger partial charge in [-0.3, -0.25) is 4.31 Å². The average Bonchev–Trinajstić information content (AvgIpc) is 2.97. The molecule has 176 valence electrons. The normalized spacial score (nSPS) is 11.3. The minimum absolute atomic E-state index is 1.14. The number of allylic oxidation sites excluding steroid dienone is 2. The molecule has 0 bridgehead atoms. The molecule has 0 saturated carbocycles. The lowest BCUT2D eigenvalue weighted by Gasteiger charge is -2.25. The Labute approximate surface area is 218 Å². The van der Waals surface area contributed by atoms with Crippen molar-refractivity contribution in [2.45, 2.75) is 18.7 Å². The van der Waals surface area contributed by atoms with E-state index >= 15 is 0 Å². The van der Waals surface area contributed by atoms with Crippen LogP contribution in [0.4, 0.5) is 11.4 Å². The number of nitrogens with zero attached hydrogens (tertiary/aromatic N) is 1. The van der Waals surface area contributed by atoms with Gasteiger partial charge in [0.15, 0.2) is 0 Å². The maximum Gasteiger partial charge on any atom is 0.0534 e. The highest BCUT2D eigenvalue weighted by atomic mass is 32.2. The van der Waals surface area contributed by atoms with Crippen LogP contribution in [-0.2, 0) is 0 Å². The molecule has 0 saturated heterocycles. The second-order valence-electron chi connectivity index (χ2n) is 8.68. The van der Waals surface area contributed by atoms with Crippen molar-refractivity contribution in [3.63, 3.8) is 0 Å². The van der Waals surface area contributed by atoms with Gasteiger partial charge >= 0.3 is 0 Å². The Hall–Kier alpha value is -4.01.